The van der Waals surface area contributed by atoms with Crippen LogP contribution in [0.2, 0.25) is 18.1 Å². The van der Waals surface area contributed by atoms with Crippen LogP contribution in [-0.4, -0.2) is 14.4 Å². The van der Waals surface area contributed by atoms with E-state index < -0.39 is 8.32 Å². The molecule has 0 spiro atoms. The van der Waals surface area contributed by atoms with E-state index in [1.807, 2.05) is 12.1 Å². The SMILES string of the molecule is CC(C)(C)[Si](C)(C)Oc1ccc(N=C=O)cc1. The summed E-state index contributed by atoms with van der Waals surface area (Å²) in [5, 5.41) is 0.173. The van der Waals surface area contributed by atoms with Gasteiger partial charge in [0.15, 0.2) is 0 Å². The fourth-order valence-corrected chi connectivity index (χ4v) is 2.12. The molecule has 3 nitrogen and oxygen atoms in total. The molecule has 0 saturated carbocycles. The minimum atomic E-state index is -1.79. The van der Waals surface area contributed by atoms with Crippen LogP contribution < -0.4 is 4.43 Å². The quantitative estimate of drug-likeness (QED) is 0.461. The topological polar surface area (TPSA) is 38.7 Å². The molecule has 4 heteroatoms. The lowest BCUT2D eigenvalue weighted by Crippen LogP contribution is -2.43. The molecule has 0 aromatic heterocycles. The summed E-state index contributed by atoms with van der Waals surface area (Å²) >= 11 is 0. The zero-order chi connectivity index (χ0) is 13.1. The van der Waals surface area contributed by atoms with E-state index in [1.54, 1.807) is 12.1 Å². The van der Waals surface area contributed by atoms with Gasteiger partial charge in [0.25, 0.3) is 0 Å². The summed E-state index contributed by atoms with van der Waals surface area (Å²) in [6.07, 6.45) is 1.52. The van der Waals surface area contributed by atoms with Crippen molar-refractivity contribution in [2.75, 3.05) is 0 Å². The minimum Gasteiger partial charge on any atom is -0.544 e. The van der Waals surface area contributed by atoms with E-state index in [0.29, 0.717) is 5.69 Å². The Labute approximate surface area is 104 Å². The highest BCUT2D eigenvalue weighted by atomic mass is 28.4. The van der Waals surface area contributed by atoms with Crippen LogP contribution in [0.25, 0.3) is 0 Å². The Bertz CT molecular complexity index is 426. The summed E-state index contributed by atoms with van der Waals surface area (Å²) in [5.74, 6) is 0.835. The molecule has 0 aliphatic rings. The van der Waals surface area contributed by atoms with Gasteiger partial charge in [-0.1, -0.05) is 20.8 Å². The lowest BCUT2D eigenvalue weighted by molar-refractivity contribution is 0.492. The molecule has 17 heavy (non-hydrogen) atoms. The summed E-state index contributed by atoms with van der Waals surface area (Å²) in [6.45, 7) is 11.0. The van der Waals surface area contributed by atoms with Gasteiger partial charge in [-0.25, -0.2) is 4.79 Å². The fourth-order valence-electron chi connectivity index (χ4n) is 1.09. The van der Waals surface area contributed by atoms with Gasteiger partial charge in [0.2, 0.25) is 14.4 Å². The van der Waals surface area contributed by atoms with Crippen molar-refractivity contribution in [2.24, 2.45) is 4.99 Å². The maximum atomic E-state index is 10.1. The molecule has 0 heterocycles. The molecule has 0 fully saturated rings. The molecular weight excluding hydrogens is 230 g/mol. The molecular formula is C13H19NO2Si. The second kappa shape index (κ2) is 4.86. The van der Waals surface area contributed by atoms with Crippen molar-refractivity contribution >= 4 is 20.1 Å². The van der Waals surface area contributed by atoms with Crippen LogP contribution in [0.15, 0.2) is 29.3 Å². The molecule has 1 rings (SSSR count). The molecule has 0 bridgehead atoms. The zero-order valence-electron chi connectivity index (χ0n) is 11.1. The Balaban J connectivity index is 2.86. The van der Waals surface area contributed by atoms with Crippen LogP contribution in [0.3, 0.4) is 0 Å². The van der Waals surface area contributed by atoms with Crippen LogP contribution in [0.1, 0.15) is 20.8 Å². The summed E-state index contributed by atoms with van der Waals surface area (Å²) < 4.78 is 6.10. The Morgan fingerprint density at radius 1 is 1.18 bits per heavy atom. The average molecular weight is 249 g/mol. The van der Waals surface area contributed by atoms with Crippen molar-refractivity contribution in [3.05, 3.63) is 24.3 Å². The molecule has 0 radical (unpaired) electrons. The molecule has 1 aromatic carbocycles. The van der Waals surface area contributed by atoms with Crippen molar-refractivity contribution < 1.29 is 9.22 Å². The Morgan fingerprint density at radius 2 is 1.71 bits per heavy atom. The number of isocyanates is 1. The third-order valence-electron chi connectivity index (χ3n) is 3.19. The highest BCUT2D eigenvalue weighted by molar-refractivity contribution is 6.74. The monoisotopic (exact) mass is 249 g/mol. The Kier molecular flexibility index (Phi) is 3.91. The van der Waals surface area contributed by atoms with Crippen molar-refractivity contribution in [1.29, 1.82) is 0 Å². The fraction of sp³-hybridized carbons (Fsp3) is 0.462. The highest BCUT2D eigenvalue weighted by Crippen LogP contribution is 2.37. The Hall–Kier alpha value is -1.38. The van der Waals surface area contributed by atoms with Gasteiger partial charge in [0.1, 0.15) is 5.75 Å². The van der Waals surface area contributed by atoms with E-state index in [2.05, 4.69) is 38.9 Å². The van der Waals surface area contributed by atoms with E-state index in [4.69, 9.17) is 4.43 Å². The van der Waals surface area contributed by atoms with Crippen molar-refractivity contribution in [2.45, 2.75) is 38.9 Å². The molecule has 92 valence electrons. The smallest absolute Gasteiger partial charge is 0.250 e. The maximum absolute atomic E-state index is 10.1. The molecule has 0 unspecified atom stereocenters. The molecule has 0 amide bonds. The van der Waals surface area contributed by atoms with Gasteiger partial charge in [-0.3, -0.25) is 0 Å². The number of nitrogens with zero attached hydrogens (tertiary/aromatic N) is 1. The number of hydrogen-bond acceptors (Lipinski definition) is 3. The first-order valence-corrected chi connectivity index (χ1v) is 8.54. The van der Waals surface area contributed by atoms with Gasteiger partial charge < -0.3 is 4.43 Å². The lowest BCUT2D eigenvalue weighted by atomic mass is 10.2. The molecule has 0 aliphatic heterocycles. The predicted molar refractivity (Wildman–Crippen MR) is 72.0 cm³/mol. The zero-order valence-corrected chi connectivity index (χ0v) is 12.1. The lowest BCUT2D eigenvalue weighted by Gasteiger charge is -2.36. The van der Waals surface area contributed by atoms with Crippen molar-refractivity contribution in [1.82, 2.24) is 0 Å². The van der Waals surface area contributed by atoms with E-state index in [-0.39, 0.29) is 5.04 Å². The molecule has 0 aliphatic carbocycles. The normalized spacial score (nSPS) is 11.8. The summed E-state index contributed by atoms with van der Waals surface area (Å²) in [6, 6.07) is 7.20. The maximum Gasteiger partial charge on any atom is 0.250 e. The highest BCUT2D eigenvalue weighted by Gasteiger charge is 2.38. The van der Waals surface area contributed by atoms with Gasteiger partial charge in [-0.05, 0) is 42.4 Å². The number of aliphatic imine (C=N–C) groups is 1. The standard InChI is InChI=1S/C13H19NO2Si/c1-13(2,3)17(4,5)16-12-8-6-11(7-9-12)14-10-15/h6-9H,1-5H3. The number of hydrogen-bond donors (Lipinski definition) is 0. The van der Waals surface area contributed by atoms with E-state index in [1.165, 1.54) is 6.08 Å². The summed E-state index contributed by atoms with van der Waals surface area (Å²) in [4.78, 5) is 13.6. The van der Waals surface area contributed by atoms with Crippen molar-refractivity contribution in [3.63, 3.8) is 0 Å². The van der Waals surface area contributed by atoms with Crippen LogP contribution in [0.4, 0.5) is 5.69 Å². The molecule has 1 aromatic rings. The third-order valence-corrected chi connectivity index (χ3v) is 7.55. The van der Waals surface area contributed by atoms with E-state index in [9.17, 15) is 4.79 Å². The number of benzene rings is 1. The van der Waals surface area contributed by atoms with Gasteiger partial charge in [0.05, 0.1) is 5.69 Å². The van der Waals surface area contributed by atoms with E-state index in [0.717, 1.165) is 5.75 Å². The van der Waals surface area contributed by atoms with Gasteiger partial charge in [0, 0.05) is 0 Å². The third kappa shape index (κ3) is 3.55. The largest absolute Gasteiger partial charge is 0.544 e. The van der Waals surface area contributed by atoms with Crippen LogP contribution in [0.5, 0.6) is 5.75 Å². The van der Waals surface area contributed by atoms with Crippen LogP contribution >= 0.6 is 0 Å². The Morgan fingerprint density at radius 3 is 2.12 bits per heavy atom. The molecule has 0 N–H and O–H groups in total. The summed E-state index contributed by atoms with van der Waals surface area (Å²) in [5.41, 5.74) is 0.600. The first kappa shape index (κ1) is 13.7. The number of rotatable bonds is 3. The molecule has 0 atom stereocenters. The second-order valence-corrected chi connectivity index (χ2v) is 10.3. The predicted octanol–water partition coefficient (Wildman–Crippen LogP) is 4.04. The van der Waals surface area contributed by atoms with Crippen molar-refractivity contribution in [3.8, 4) is 5.75 Å². The minimum absolute atomic E-state index is 0.173. The van der Waals surface area contributed by atoms with Gasteiger partial charge in [-0.15, -0.1) is 0 Å². The van der Waals surface area contributed by atoms with Gasteiger partial charge in [-0.2, -0.15) is 4.99 Å². The number of carbonyl (C=O) groups excluding carboxylic acids is 1. The first-order chi connectivity index (χ1) is 7.76. The molecule has 0 saturated heterocycles. The van der Waals surface area contributed by atoms with Gasteiger partial charge >= 0.3 is 0 Å². The van der Waals surface area contributed by atoms with Crippen LogP contribution in [0, 0.1) is 0 Å². The van der Waals surface area contributed by atoms with Crippen LogP contribution in [-0.2, 0) is 4.79 Å². The first-order valence-electron chi connectivity index (χ1n) is 5.63. The average Bonchev–Trinajstić information content (AvgIpc) is 2.19. The summed E-state index contributed by atoms with van der Waals surface area (Å²) in [7, 11) is -1.79. The second-order valence-electron chi connectivity index (χ2n) is 5.56. The van der Waals surface area contributed by atoms with E-state index >= 15 is 0 Å².